The van der Waals surface area contributed by atoms with Crippen LogP contribution in [0.5, 0.6) is 0 Å². The van der Waals surface area contributed by atoms with Gasteiger partial charge in [0.25, 0.3) is 0 Å². The minimum atomic E-state index is 0.632. The van der Waals surface area contributed by atoms with E-state index in [-0.39, 0.29) is 0 Å². The van der Waals surface area contributed by atoms with Gasteiger partial charge in [-0.05, 0) is 81.9 Å². The van der Waals surface area contributed by atoms with Crippen molar-refractivity contribution in [1.29, 1.82) is 0 Å². The minimum absolute atomic E-state index is 0.632. The maximum Gasteiger partial charge on any atom is 0.180 e. The van der Waals surface area contributed by atoms with E-state index in [1.807, 2.05) is 36.4 Å². The zero-order chi connectivity index (χ0) is 38.6. The van der Waals surface area contributed by atoms with Crippen LogP contribution in [0.2, 0.25) is 0 Å². The highest BCUT2D eigenvalue weighted by Gasteiger charge is 2.25. The molecule has 0 unspecified atom stereocenters. The quantitative estimate of drug-likeness (QED) is 0.180. The second-order valence-electron chi connectivity index (χ2n) is 15.3. The number of aromatic nitrogens is 3. The van der Waals surface area contributed by atoms with Crippen molar-refractivity contribution < 1.29 is 8.83 Å². The molecule has 4 heterocycles. The van der Waals surface area contributed by atoms with Gasteiger partial charge >= 0.3 is 0 Å². The van der Waals surface area contributed by atoms with Crippen LogP contribution in [0.15, 0.2) is 197 Å². The summed E-state index contributed by atoms with van der Waals surface area (Å²) in [5, 5.41) is 9.92. The number of fused-ring (bicyclic) bond motifs is 12. The summed E-state index contributed by atoms with van der Waals surface area (Å²) in [6.45, 7) is 0. The summed E-state index contributed by atoms with van der Waals surface area (Å²) in [7, 11) is 0. The summed E-state index contributed by atoms with van der Waals surface area (Å²) >= 11 is 0. The zero-order valence-corrected chi connectivity index (χ0v) is 31.6. The fourth-order valence-electron chi connectivity index (χ4n) is 9.19. The van der Waals surface area contributed by atoms with Crippen molar-refractivity contribution in [2.45, 2.75) is 0 Å². The molecule has 13 aromatic rings. The molecule has 0 bridgehead atoms. The molecular formula is C54H31N3O2. The third-order valence-corrected chi connectivity index (χ3v) is 12.0. The number of nitrogens with zero attached hydrogens (tertiary/aromatic N) is 3. The third-order valence-electron chi connectivity index (χ3n) is 12.0. The fourth-order valence-corrected chi connectivity index (χ4v) is 9.19. The molecule has 13 rings (SSSR count). The van der Waals surface area contributed by atoms with Gasteiger partial charge in [0.15, 0.2) is 11.4 Å². The van der Waals surface area contributed by atoms with E-state index in [4.69, 9.17) is 18.8 Å². The first kappa shape index (κ1) is 32.1. The molecule has 9 aromatic carbocycles. The molecule has 5 nitrogen and oxygen atoms in total. The Labute approximate surface area is 337 Å². The molecule has 0 radical (unpaired) electrons. The van der Waals surface area contributed by atoms with Crippen molar-refractivity contribution in [2.75, 3.05) is 0 Å². The van der Waals surface area contributed by atoms with Gasteiger partial charge < -0.3 is 13.4 Å². The molecule has 0 fully saturated rings. The van der Waals surface area contributed by atoms with Crippen LogP contribution in [0.4, 0.5) is 0 Å². The molecule has 4 aromatic heterocycles. The maximum absolute atomic E-state index is 6.89. The standard InChI is InChI=1S/C54H31N3O2/c1-3-13-32(14-4-1)36-24-26-49-44(28-36)51-53(59-49)50(55-54(56-51)33-15-5-2-6-16-33)43-29-37-23-25-40-39-20-10-12-22-48(39)58-52(40)41(37)31-47(43)57-45-21-11-9-19-38(45)42-27-34-17-7-8-18-35(34)30-46(42)57/h1-31H. The number of benzene rings is 9. The average molecular weight is 754 g/mol. The highest BCUT2D eigenvalue weighted by molar-refractivity contribution is 6.19. The second kappa shape index (κ2) is 12.2. The summed E-state index contributed by atoms with van der Waals surface area (Å²) < 4.78 is 16.0. The second-order valence-corrected chi connectivity index (χ2v) is 15.3. The molecule has 59 heavy (non-hydrogen) atoms. The first-order valence-electron chi connectivity index (χ1n) is 19.9. The Morgan fingerprint density at radius 3 is 1.92 bits per heavy atom. The summed E-state index contributed by atoms with van der Waals surface area (Å²) in [5.41, 5.74) is 11.9. The van der Waals surface area contributed by atoms with E-state index in [2.05, 4.69) is 156 Å². The molecule has 0 saturated heterocycles. The van der Waals surface area contributed by atoms with Crippen LogP contribution in [0.1, 0.15) is 0 Å². The minimum Gasteiger partial charge on any atom is -0.455 e. The number of rotatable bonds is 4. The normalized spacial score (nSPS) is 12.1. The first-order chi connectivity index (χ1) is 29.2. The highest BCUT2D eigenvalue weighted by Crippen LogP contribution is 2.45. The predicted octanol–water partition coefficient (Wildman–Crippen LogP) is 14.7. The van der Waals surface area contributed by atoms with Crippen LogP contribution < -0.4 is 0 Å². The van der Waals surface area contributed by atoms with Gasteiger partial charge in [0.05, 0.1) is 16.7 Å². The van der Waals surface area contributed by atoms with Crippen LogP contribution in [-0.2, 0) is 0 Å². The number of furan rings is 2. The molecule has 0 saturated carbocycles. The van der Waals surface area contributed by atoms with Crippen molar-refractivity contribution in [3.8, 4) is 39.5 Å². The first-order valence-corrected chi connectivity index (χ1v) is 19.9. The number of hydrogen-bond donors (Lipinski definition) is 0. The maximum atomic E-state index is 6.89. The Morgan fingerprint density at radius 2 is 1.07 bits per heavy atom. The van der Waals surface area contributed by atoms with Gasteiger partial charge in [-0.3, -0.25) is 0 Å². The van der Waals surface area contributed by atoms with Gasteiger partial charge in [-0.1, -0.05) is 133 Å². The Hall–Kier alpha value is -8.02. The van der Waals surface area contributed by atoms with Gasteiger partial charge in [0.2, 0.25) is 0 Å². The molecule has 0 aliphatic heterocycles. The van der Waals surface area contributed by atoms with E-state index in [0.29, 0.717) is 11.4 Å². The molecule has 0 atom stereocenters. The van der Waals surface area contributed by atoms with Crippen LogP contribution in [0.25, 0.3) is 127 Å². The lowest BCUT2D eigenvalue weighted by molar-refractivity contribution is 0.667. The van der Waals surface area contributed by atoms with Crippen LogP contribution in [0, 0.1) is 0 Å². The van der Waals surface area contributed by atoms with Gasteiger partial charge in [-0.15, -0.1) is 0 Å². The molecule has 274 valence electrons. The monoisotopic (exact) mass is 753 g/mol. The highest BCUT2D eigenvalue weighted by atomic mass is 16.3. The molecule has 0 spiro atoms. The SMILES string of the molecule is c1ccc(-c2ccc3oc4c(-c5cc6ccc7c8ccccc8oc7c6cc5-n5c6ccccc6c6cc7ccccc7cc65)nc(-c5ccccc5)nc4c3c2)cc1. The summed E-state index contributed by atoms with van der Waals surface area (Å²) in [5.74, 6) is 0.632. The van der Waals surface area contributed by atoms with Crippen LogP contribution in [-0.4, -0.2) is 14.5 Å². The molecule has 5 heteroatoms. The summed E-state index contributed by atoms with van der Waals surface area (Å²) in [6, 6.07) is 66.2. The van der Waals surface area contributed by atoms with Gasteiger partial charge in [0.1, 0.15) is 28.0 Å². The van der Waals surface area contributed by atoms with E-state index >= 15 is 0 Å². The average Bonchev–Trinajstić information content (AvgIpc) is 3.97. The third kappa shape index (κ3) is 4.79. The Bertz CT molecular complexity index is 3840. The van der Waals surface area contributed by atoms with Gasteiger partial charge in [0, 0.05) is 43.4 Å². The van der Waals surface area contributed by atoms with Crippen LogP contribution >= 0.6 is 0 Å². The summed E-state index contributed by atoms with van der Waals surface area (Å²) in [4.78, 5) is 10.7. The lowest BCUT2D eigenvalue weighted by atomic mass is 9.98. The Kier molecular flexibility index (Phi) is 6.66. The fraction of sp³-hybridized carbons (Fsp3) is 0. The molecule has 0 N–H and O–H groups in total. The van der Waals surface area contributed by atoms with E-state index in [1.54, 1.807) is 0 Å². The van der Waals surface area contributed by atoms with Crippen molar-refractivity contribution in [2.24, 2.45) is 0 Å². The lowest BCUT2D eigenvalue weighted by Crippen LogP contribution is -2.01. The Balaban J connectivity index is 1.20. The van der Waals surface area contributed by atoms with Crippen molar-refractivity contribution >= 4 is 87.4 Å². The molecular weight excluding hydrogens is 723 g/mol. The lowest BCUT2D eigenvalue weighted by Gasteiger charge is -2.16. The van der Waals surface area contributed by atoms with Crippen molar-refractivity contribution in [1.82, 2.24) is 14.5 Å². The number of hydrogen-bond acceptors (Lipinski definition) is 4. The van der Waals surface area contributed by atoms with E-state index in [1.165, 1.54) is 21.5 Å². The van der Waals surface area contributed by atoms with E-state index in [0.717, 1.165) is 93.9 Å². The smallest absolute Gasteiger partial charge is 0.180 e. The molecule has 0 aliphatic carbocycles. The Morgan fingerprint density at radius 1 is 0.373 bits per heavy atom. The van der Waals surface area contributed by atoms with E-state index < -0.39 is 0 Å². The van der Waals surface area contributed by atoms with Gasteiger partial charge in [-0.25, -0.2) is 9.97 Å². The van der Waals surface area contributed by atoms with Gasteiger partial charge in [-0.2, -0.15) is 0 Å². The van der Waals surface area contributed by atoms with Crippen molar-refractivity contribution in [3.63, 3.8) is 0 Å². The van der Waals surface area contributed by atoms with E-state index in [9.17, 15) is 0 Å². The topological polar surface area (TPSA) is 57.0 Å². The predicted molar refractivity (Wildman–Crippen MR) is 242 cm³/mol. The van der Waals surface area contributed by atoms with Crippen molar-refractivity contribution in [3.05, 3.63) is 188 Å². The zero-order valence-electron chi connectivity index (χ0n) is 31.6. The largest absolute Gasteiger partial charge is 0.455 e. The number of para-hydroxylation sites is 2. The molecule has 0 aliphatic rings. The van der Waals surface area contributed by atoms with Crippen LogP contribution in [0.3, 0.4) is 0 Å². The summed E-state index contributed by atoms with van der Waals surface area (Å²) in [6.07, 6.45) is 0. The molecule has 0 amide bonds.